The number of fused-ring (bicyclic) bond motifs is 2. The summed E-state index contributed by atoms with van der Waals surface area (Å²) in [5.41, 5.74) is 3.29. The van der Waals surface area contributed by atoms with Gasteiger partial charge in [0.1, 0.15) is 35.4 Å². The van der Waals surface area contributed by atoms with E-state index in [0.717, 1.165) is 22.3 Å². The first kappa shape index (κ1) is 29.7. The summed E-state index contributed by atoms with van der Waals surface area (Å²) in [4.78, 5) is 13.5. The standard InChI is InChI=1S/C34H36F3NO4/c1-5-40-31(39)19-42-24-11-8-9-22(14-24)18-41-25-16-29(35)32(30(36)17-25)33-28-15-23-10-6-7-12-26(23)27(28)13-21(2)38(33)20-34(3,4)37/h6-12,14,16-17,21,33H,5,13,15,18-20H2,1-4H3/t21-,33+/m1/s1. The summed E-state index contributed by atoms with van der Waals surface area (Å²) >= 11 is 0. The molecule has 0 aromatic heterocycles. The maximum atomic E-state index is 15.9. The number of esters is 1. The van der Waals surface area contributed by atoms with Crippen molar-refractivity contribution >= 4 is 11.5 Å². The van der Waals surface area contributed by atoms with Crippen LogP contribution in [-0.2, 0) is 22.6 Å². The molecule has 0 saturated carbocycles. The van der Waals surface area contributed by atoms with Crippen LogP contribution in [0.25, 0.3) is 5.57 Å². The second-order valence-corrected chi connectivity index (χ2v) is 11.5. The fraction of sp³-hybridized carbons (Fsp3) is 0.382. The van der Waals surface area contributed by atoms with Gasteiger partial charge in [-0.1, -0.05) is 36.4 Å². The lowest BCUT2D eigenvalue weighted by molar-refractivity contribution is -0.145. The second kappa shape index (κ2) is 12.2. The van der Waals surface area contributed by atoms with E-state index in [1.165, 1.54) is 26.0 Å². The Kier molecular flexibility index (Phi) is 8.64. The van der Waals surface area contributed by atoms with E-state index in [9.17, 15) is 4.79 Å². The zero-order valence-electron chi connectivity index (χ0n) is 24.4. The first-order valence-corrected chi connectivity index (χ1v) is 14.3. The van der Waals surface area contributed by atoms with Gasteiger partial charge < -0.3 is 14.2 Å². The fourth-order valence-electron chi connectivity index (χ4n) is 5.99. The number of hydrogen-bond donors (Lipinski definition) is 0. The Morgan fingerprint density at radius 1 is 1.00 bits per heavy atom. The van der Waals surface area contributed by atoms with E-state index in [0.29, 0.717) is 24.2 Å². The second-order valence-electron chi connectivity index (χ2n) is 11.5. The molecule has 2 atom stereocenters. The molecular formula is C34H36F3NO4. The van der Waals surface area contributed by atoms with Crippen LogP contribution in [0.4, 0.5) is 13.2 Å². The van der Waals surface area contributed by atoms with Crippen LogP contribution < -0.4 is 9.47 Å². The summed E-state index contributed by atoms with van der Waals surface area (Å²) in [6.45, 7) is 6.79. The number of ether oxygens (including phenoxy) is 3. The molecule has 0 fully saturated rings. The van der Waals surface area contributed by atoms with Crippen molar-refractivity contribution in [1.29, 1.82) is 0 Å². The Hall–Kier alpha value is -3.78. The maximum absolute atomic E-state index is 15.9. The molecule has 8 heteroatoms. The molecule has 0 saturated heterocycles. The molecule has 2 aliphatic rings. The van der Waals surface area contributed by atoms with Crippen LogP contribution in [0.15, 0.2) is 66.2 Å². The molecule has 222 valence electrons. The van der Waals surface area contributed by atoms with E-state index in [4.69, 9.17) is 14.2 Å². The molecule has 3 aromatic carbocycles. The van der Waals surface area contributed by atoms with Crippen molar-refractivity contribution in [2.45, 2.75) is 64.9 Å². The number of nitrogens with zero attached hydrogens (tertiary/aromatic N) is 1. The lowest BCUT2D eigenvalue weighted by Crippen LogP contribution is -2.47. The number of hydrogen-bond acceptors (Lipinski definition) is 5. The molecule has 42 heavy (non-hydrogen) atoms. The molecule has 0 bridgehead atoms. The average Bonchev–Trinajstić information content (AvgIpc) is 3.30. The summed E-state index contributed by atoms with van der Waals surface area (Å²) in [7, 11) is 0. The molecule has 5 nitrogen and oxygen atoms in total. The van der Waals surface area contributed by atoms with Gasteiger partial charge in [-0.05, 0) is 80.5 Å². The third-order valence-electron chi connectivity index (χ3n) is 7.69. The van der Waals surface area contributed by atoms with Crippen molar-refractivity contribution in [3.8, 4) is 11.5 Å². The highest BCUT2D eigenvalue weighted by molar-refractivity contribution is 5.79. The third-order valence-corrected chi connectivity index (χ3v) is 7.69. The summed E-state index contributed by atoms with van der Waals surface area (Å²) in [6, 6.07) is 16.5. The predicted molar refractivity (Wildman–Crippen MR) is 155 cm³/mol. The summed E-state index contributed by atoms with van der Waals surface area (Å²) in [5, 5.41) is 0. The molecule has 0 amide bonds. The molecule has 5 rings (SSSR count). The van der Waals surface area contributed by atoms with Crippen molar-refractivity contribution < 1.29 is 32.2 Å². The Labute approximate surface area is 244 Å². The highest BCUT2D eigenvalue weighted by atomic mass is 19.1. The first-order chi connectivity index (χ1) is 20.0. The molecular weight excluding hydrogens is 543 g/mol. The van der Waals surface area contributed by atoms with Gasteiger partial charge in [0.05, 0.1) is 12.6 Å². The first-order valence-electron chi connectivity index (χ1n) is 14.3. The van der Waals surface area contributed by atoms with Crippen molar-refractivity contribution in [1.82, 2.24) is 4.90 Å². The zero-order chi connectivity index (χ0) is 30.0. The SMILES string of the molecule is CCOC(=O)COc1cccc(COc2cc(F)c([C@@H]3C4=C(C[C@@H](C)N3CC(C)(C)F)c3ccccc3C4)c(F)c2)c1. The molecule has 0 spiro atoms. The monoisotopic (exact) mass is 579 g/mol. The Morgan fingerprint density at radius 3 is 2.45 bits per heavy atom. The smallest absolute Gasteiger partial charge is 0.344 e. The molecule has 1 aliphatic heterocycles. The van der Waals surface area contributed by atoms with Crippen LogP contribution in [-0.4, -0.2) is 42.3 Å². The van der Waals surface area contributed by atoms with Crippen molar-refractivity contribution in [3.63, 3.8) is 0 Å². The van der Waals surface area contributed by atoms with Crippen LogP contribution >= 0.6 is 0 Å². The lowest BCUT2D eigenvalue weighted by atomic mass is 9.84. The van der Waals surface area contributed by atoms with Gasteiger partial charge in [0.2, 0.25) is 0 Å². The summed E-state index contributed by atoms with van der Waals surface area (Å²) < 4.78 is 63.0. The van der Waals surface area contributed by atoms with Crippen LogP contribution in [0, 0.1) is 11.6 Å². The maximum Gasteiger partial charge on any atom is 0.344 e. The van der Waals surface area contributed by atoms with Gasteiger partial charge in [-0.3, -0.25) is 4.90 Å². The molecule has 3 aromatic rings. The molecule has 1 heterocycles. The highest BCUT2D eigenvalue weighted by Crippen LogP contribution is 2.50. The average molecular weight is 580 g/mol. The van der Waals surface area contributed by atoms with Gasteiger partial charge in [-0.25, -0.2) is 18.0 Å². The number of halogens is 3. The Morgan fingerprint density at radius 2 is 1.74 bits per heavy atom. The van der Waals surface area contributed by atoms with Crippen molar-refractivity contribution in [2.24, 2.45) is 0 Å². The third kappa shape index (κ3) is 6.49. The van der Waals surface area contributed by atoms with Gasteiger partial charge >= 0.3 is 5.97 Å². The van der Waals surface area contributed by atoms with E-state index in [2.05, 4.69) is 6.07 Å². The minimum atomic E-state index is -1.55. The Bertz CT molecular complexity index is 1470. The molecule has 0 unspecified atom stereocenters. The quantitative estimate of drug-likeness (QED) is 0.235. The number of carbonyl (C=O) groups excluding carboxylic acids is 1. The van der Waals surface area contributed by atoms with E-state index >= 15 is 13.2 Å². The lowest BCUT2D eigenvalue weighted by Gasteiger charge is -2.44. The number of benzene rings is 3. The number of carbonyl (C=O) groups is 1. The van der Waals surface area contributed by atoms with Crippen LogP contribution in [0.1, 0.15) is 62.4 Å². The normalized spacial score (nSPS) is 18.5. The van der Waals surface area contributed by atoms with E-state index in [1.807, 2.05) is 30.0 Å². The van der Waals surface area contributed by atoms with Gasteiger partial charge in [-0.2, -0.15) is 0 Å². The summed E-state index contributed by atoms with van der Waals surface area (Å²) in [6.07, 6.45) is 1.25. The van der Waals surface area contributed by atoms with Gasteiger partial charge in [-0.15, -0.1) is 0 Å². The van der Waals surface area contributed by atoms with Gasteiger partial charge in [0.15, 0.2) is 6.61 Å². The van der Waals surface area contributed by atoms with E-state index in [1.54, 1.807) is 31.2 Å². The van der Waals surface area contributed by atoms with Crippen LogP contribution in [0.3, 0.4) is 0 Å². The predicted octanol–water partition coefficient (Wildman–Crippen LogP) is 7.38. The van der Waals surface area contributed by atoms with Crippen molar-refractivity contribution in [3.05, 3.63) is 100 Å². The Balaban J connectivity index is 1.40. The topological polar surface area (TPSA) is 48.0 Å². The highest BCUT2D eigenvalue weighted by Gasteiger charge is 2.43. The fourth-order valence-corrected chi connectivity index (χ4v) is 5.99. The van der Waals surface area contributed by atoms with Crippen LogP contribution in [0.5, 0.6) is 11.5 Å². The number of alkyl halides is 1. The van der Waals surface area contributed by atoms with Gasteiger partial charge in [0, 0.05) is 30.3 Å². The number of rotatable bonds is 10. The van der Waals surface area contributed by atoms with Crippen molar-refractivity contribution in [2.75, 3.05) is 19.8 Å². The van der Waals surface area contributed by atoms with Gasteiger partial charge in [0.25, 0.3) is 0 Å². The van der Waals surface area contributed by atoms with E-state index < -0.39 is 29.3 Å². The minimum Gasteiger partial charge on any atom is -0.489 e. The van der Waals surface area contributed by atoms with E-state index in [-0.39, 0.29) is 43.7 Å². The largest absolute Gasteiger partial charge is 0.489 e. The molecule has 1 aliphatic carbocycles. The minimum absolute atomic E-state index is 0.0298. The molecule has 0 N–H and O–H groups in total. The van der Waals surface area contributed by atoms with Crippen LogP contribution in [0.2, 0.25) is 0 Å². The zero-order valence-corrected chi connectivity index (χ0v) is 24.4. The summed E-state index contributed by atoms with van der Waals surface area (Å²) in [5.74, 6) is -1.46. The molecule has 0 radical (unpaired) electrons.